The zero-order valence-corrected chi connectivity index (χ0v) is 11.7. The molecule has 0 spiro atoms. The third-order valence-electron chi connectivity index (χ3n) is 3.51. The van der Waals surface area contributed by atoms with E-state index in [1.54, 1.807) is 7.11 Å². The quantitative estimate of drug-likeness (QED) is 0.915. The Bertz CT molecular complexity index is 473. The highest BCUT2D eigenvalue weighted by molar-refractivity contribution is 5.90. The molecule has 0 unspecified atom stereocenters. The second kappa shape index (κ2) is 7.05. The summed E-state index contributed by atoms with van der Waals surface area (Å²) < 4.78 is 5.35. The van der Waals surface area contributed by atoms with Gasteiger partial charge in [0.15, 0.2) is 0 Å². The molecule has 0 radical (unpaired) electrons. The highest BCUT2D eigenvalue weighted by Crippen LogP contribution is 2.12. The number of carbonyl (C=O) groups is 1. The molecule has 5 nitrogen and oxygen atoms in total. The summed E-state index contributed by atoms with van der Waals surface area (Å²) in [5, 5.41) is 8.99. The average molecular weight is 276 g/mol. The Hall–Kier alpha value is -1.88. The number of aliphatic imine (C=N–C) groups is 1. The molecule has 1 atom stereocenters. The standard InChI is InChI=1S/C15H20N2O3/c1-20-14-11-17(15(18)19)10-8-13(14)16-9-7-12-5-3-2-4-6-12/h2-6,14H,7-11H2,1H3,(H,18,19)/b16-13-/t14-/m0/s1. The van der Waals surface area contributed by atoms with Gasteiger partial charge in [-0.05, 0) is 12.0 Å². The van der Waals surface area contributed by atoms with E-state index in [1.807, 2.05) is 18.2 Å². The first-order chi connectivity index (χ1) is 9.70. The van der Waals surface area contributed by atoms with Crippen molar-refractivity contribution in [2.45, 2.75) is 18.9 Å². The van der Waals surface area contributed by atoms with Crippen LogP contribution in [0.4, 0.5) is 4.79 Å². The van der Waals surface area contributed by atoms with Crippen molar-refractivity contribution >= 4 is 11.8 Å². The van der Waals surface area contributed by atoms with Crippen molar-refractivity contribution < 1.29 is 14.6 Å². The fraction of sp³-hybridized carbons (Fsp3) is 0.467. The molecule has 0 bridgehead atoms. The molecule has 5 heteroatoms. The Balaban J connectivity index is 1.91. The van der Waals surface area contributed by atoms with E-state index in [0.29, 0.717) is 26.1 Å². The van der Waals surface area contributed by atoms with E-state index in [9.17, 15) is 4.79 Å². The Morgan fingerprint density at radius 2 is 2.20 bits per heavy atom. The number of methoxy groups -OCH3 is 1. The van der Waals surface area contributed by atoms with Gasteiger partial charge in [-0.3, -0.25) is 4.99 Å². The first-order valence-electron chi connectivity index (χ1n) is 6.78. The van der Waals surface area contributed by atoms with Gasteiger partial charge in [0, 0.05) is 32.3 Å². The summed E-state index contributed by atoms with van der Waals surface area (Å²) in [6, 6.07) is 10.2. The van der Waals surface area contributed by atoms with E-state index < -0.39 is 6.09 Å². The first kappa shape index (κ1) is 14.5. The van der Waals surface area contributed by atoms with Crippen molar-refractivity contribution in [2.24, 2.45) is 4.99 Å². The molecule has 1 aromatic carbocycles. The summed E-state index contributed by atoms with van der Waals surface area (Å²) in [7, 11) is 1.60. The SMILES string of the molecule is CO[C@H]1CN(C(=O)O)CC/C1=N/CCc1ccccc1. The highest BCUT2D eigenvalue weighted by Gasteiger charge is 2.27. The van der Waals surface area contributed by atoms with Crippen LogP contribution in [0.5, 0.6) is 0 Å². The number of likely N-dealkylation sites (tertiary alicyclic amines) is 1. The zero-order chi connectivity index (χ0) is 14.4. The highest BCUT2D eigenvalue weighted by atomic mass is 16.5. The predicted octanol–water partition coefficient (Wildman–Crippen LogP) is 2.07. The summed E-state index contributed by atoms with van der Waals surface area (Å²) in [4.78, 5) is 16.9. The van der Waals surface area contributed by atoms with Gasteiger partial charge >= 0.3 is 6.09 Å². The first-order valence-corrected chi connectivity index (χ1v) is 6.78. The molecule has 1 aliphatic heterocycles. The lowest BCUT2D eigenvalue weighted by atomic mass is 10.1. The average Bonchev–Trinajstić information content (AvgIpc) is 2.48. The number of ether oxygens (including phenoxy) is 1. The number of benzene rings is 1. The van der Waals surface area contributed by atoms with E-state index in [0.717, 1.165) is 12.1 Å². The van der Waals surface area contributed by atoms with Gasteiger partial charge in [-0.1, -0.05) is 30.3 Å². The molecule has 1 amide bonds. The van der Waals surface area contributed by atoms with Gasteiger partial charge in [0.05, 0.1) is 6.54 Å². The monoisotopic (exact) mass is 276 g/mol. The molecular weight excluding hydrogens is 256 g/mol. The van der Waals surface area contributed by atoms with Crippen LogP contribution in [0.1, 0.15) is 12.0 Å². The number of nitrogens with zero attached hydrogens (tertiary/aromatic N) is 2. The van der Waals surface area contributed by atoms with Crippen LogP contribution in [0.2, 0.25) is 0 Å². The number of hydrogen-bond acceptors (Lipinski definition) is 3. The van der Waals surface area contributed by atoms with Gasteiger partial charge < -0.3 is 14.7 Å². The van der Waals surface area contributed by atoms with Crippen molar-refractivity contribution in [3.63, 3.8) is 0 Å². The minimum atomic E-state index is -0.893. The van der Waals surface area contributed by atoms with Crippen molar-refractivity contribution in [3.8, 4) is 0 Å². The lowest BCUT2D eigenvalue weighted by Crippen LogP contribution is -2.47. The van der Waals surface area contributed by atoms with E-state index >= 15 is 0 Å². The van der Waals surface area contributed by atoms with Gasteiger partial charge in [-0.15, -0.1) is 0 Å². The fourth-order valence-corrected chi connectivity index (χ4v) is 2.35. The van der Waals surface area contributed by atoms with Crippen LogP contribution in [-0.2, 0) is 11.2 Å². The molecule has 0 aromatic heterocycles. The number of piperidine rings is 1. The molecule has 1 N–H and O–H groups in total. The topological polar surface area (TPSA) is 62.1 Å². The maximum absolute atomic E-state index is 11.0. The number of hydrogen-bond donors (Lipinski definition) is 1. The lowest BCUT2D eigenvalue weighted by molar-refractivity contribution is 0.0860. The second-order valence-electron chi connectivity index (χ2n) is 4.81. The third-order valence-corrected chi connectivity index (χ3v) is 3.51. The van der Waals surface area contributed by atoms with Crippen LogP contribution in [0, 0.1) is 0 Å². The Labute approximate surface area is 118 Å². The van der Waals surface area contributed by atoms with Gasteiger partial charge in [0.25, 0.3) is 0 Å². The lowest BCUT2D eigenvalue weighted by Gasteiger charge is -2.31. The molecular formula is C15H20N2O3. The summed E-state index contributed by atoms with van der Waals surface area (Å²) in [6.45, 7) is 1.58. The van der Waals surface area contributed by atoms with Gasteiger partial charge in [0.1, 0.15) is 6.10 Å². The third kappa shape index (κ3) is 3.81. The van der Waals surface area contributed by atoms with Gasteiger partial charge in [-0.25, -0.2) is 4.79 Å². The number of carboxylic acid groups (broad SMARTS) is 1. The van der Waals surface area contributed by atoms with Crippen LogP contribution in [0.3, 0.4) is 0 Å². The van der Waals surface area contributed by atoms with Crippen LogP contribution in [0.15, 0.2) is 35.3 Å². The van der Waals surface area contributed by atoms with E-state index in [4.69, 9.17) is 9.84 Å². The van der Waals surface area contributed by atoms with Gasteiger partial charge in [-0.2, -0.15) is 0 Å². The van der Waals surface area contributed by atoms with Crippen molar-refractivity contribution in [1.82, 2.24) is 4.90 Å². The van der Waals surface area contributed by atoms with Crippen molar-refractivity contribution in [3.05, 3.63) is 35.9 Å². The number of rotatable bonds is 4. The molecule has 1 aliphatic rings. The smallest absolute Gasteiger partial charge is 0.407 e. The maximum atomic E-state index is 11.0. The van der Waals surface area contributed by atoms with Crippen molar-refractivity contribution in [2.75, 3.05) is 26.7 Å². The van der Waals surface area contributed by atoms with Gasteiger partial charge in [0.2, 0.25) is 0 Å². The summed E-state index contributed by atoms with van der Waals surface area (Å²) >= 11 is 0. The fourth-order valence-electron chi connectivity index (χ4n) is 2.35. The Kier molecular flexibility index (Phi) is 5.12. The van der Waals surface area contributed by atoms with Crippen LogP contribution in [0.25, 0.3) is 0 Å². The Morgan fingerprint density at radius 3 is 2.85 bits per heavy atom. The van der Waals surface area contributed by atoms with Crippen LogP contribution < -0.4 is 0 Å². The molecule has 20 heavy (non-hydrogen) atoms. The summed E-state index contributed by atoms with van der Waals surface area (Å²) in [5.74, 6) is 0. The molecule has 1 heterocycles. The molecule has 0 saturated carbocycles. The zero-order valence-electron chi connectivity index (χ0n) is 11.7. The Morgan fingerprint density at radius 1 is 1.45 bits per heavy atom. The minimum absolute atomic E-state index is 0.212. The van der Waals surface area contributed by atoms with E-state index in [1.165, 1.54) is 10.5 Å². The predicted molar refractivity (Wildman–Crippen MR) is 77.5 cm³/mol. The molecule has 1 aromatic rings. The minimum Gasteiger partial charge on any atom is -0.465 e. The largest absolute Gasteiger partial charge is 0.465 e. The number of amides is 1. The molecule has 2 rings (SSSR count). The summed E-state index contributed by atoms with van der Waals surface area (Å²) in [5.41, 5.74) is 2.23. The van der Waals surface area contributed by atoms with Crippen LogP contribution in [-0.4, -0.2) is 54.7 Å². The van der Waals surface area contributed by atoms with E-state index in [-0.39, 0.29) is 6.10 Å². The molecule has 108 valence electrons. The second-order valence-corrected chi connectivity index (χ2v) is 4.81. The normalized spacial score (nSPS) is 21.1. The molecule has 1 saturated heterocycles. The maximum Gasteiger partial charge on any atom is 0.407 e. The van der Waals surface area contributed by atoms with Crippen LogP contribution >= 0.6 is 0 Å². The summed E-state index contributed by atoms with van der Waals surface area (Å²) in [6.07, 6.45) is 0.439. The molecule has 1 fully saturated rings. The molecule has 0 aliphatic carbocycles. The van der Waals surface area contributed by atoms with Crippen molar-refractivity contribution in [1.29, 1.82) is 0 Å². The van der Waals surface area contributed by atoms with E-state index in [2.05, 4.69) is 17.1 Å².